The first-order valence-electron chi connectivity index (χ1n) is 6.52. The molecule has 2 atom stereocenters. The van der Waals surface area contributed by atoms with Crippen molar-refractivity contribution in [3.05, 3.63) is 0 Å². The van der Waals surface area contributed by atoms with Crippen LogP contribution in [0.25, 0.3) is 0 Å². The van der Waals surface area contributed by atoms with Crippen molar-refractivity contribution in [2.24, 2.45) is 0 Å². The minimum absolute atomic E-state index is 0.0388. The molecule has 0 saturated carbocycles. The number of carbonyl (C=O) groups excluding carboxylic acids is 1. The van der Waals surface area contributed by atoms with Crippen molar-refractivity contribution < 1.29 is 23.1 Å². The van der Waals surface area contributed by atoms with Crippen LogP contribution in [0.15, 0.2) is 0 Å². The zero-order valence-electron chi connectivity index (χ0n) is 11.5. The number of amides is 1. The van der Waals surface area contributed by atoms with Crippen molar-refractivity contribution in [3.63, 3.8) is 0 Å². The summed E-state index contributed by atoms with van der Waals surface area (Å²) in [5.74, 6) is 0.0714. The van der Waals surface area contributed by atoms with Crippen LogP contribution < -0.4 is 0 Å². The topological polar surface area (TPSA) is 83.9 Å². The predicted molar refractivity (Wildman–Crippen MR) is 71.6 cm³/mol. The highest BCUT2D eigenvalue weighted by atomic mass is 32.2. The van der Waals surface area contributed by atoms with Gasteiger partial charge in [0, 0.05) is 26.1 Å². The number of ether oxygens (including phenoxy) is 1. The number of methoxy groups -OCH3 is 1. The fourth-order valence-electron chi connectivity index (χ4n) is 2.20. The standard InChI is InChI=1S/C12H23NO5S/c1-10(14)3-4-12(15)13(6-7-18-2)11-5-8-19(16,17)9-11/h10-11,14H,3-9H2,1-2H3. The Labute approximate surface area is 114 Å². The normalized spacial score (nSPS) is 23.2. The molecule has 1 aliphatic rings. The fourth-order valence-corrected chi connectivity index (χ4v) is 3.93. The van der Waals surface area contributed by atoms with E-state index in [1.54, 1.807) is 18.9 Å². The van der Waals surface area contributed by atoms with Gasteiger partial charge < -0.3 is 14.7 Å². The molecular weight excluding hydrogens is 270 g/mol. The van der Waals surface area contributed by atoms with Crippen LogP contribution in [0.1, 0.15) is 26.2 Å². The molecule has 0 bridgehead atoms. The highest BCUT2D eigenvalue weighted by Gasteiger charge is 2.34. The first kappa shape index (κ1) is 16.4. The summed E-state index contributed by atoms with van der Waals surface area (Å²) < 4.78 is 28.0. The SMILES string of the molecule is COCCN(C(=O)CCC(C)O)C1CCS(=O)(=O)C1. The van der Waals surface area contributed by atoms with Gasteiger partial charge in [-0.3, -0.25) is 4.79 Å². The van der Waals surface area contributed by atoms with Crippen molar-refractivity contribution in [1.82, 2.24) is 4.90 Å². The zero-order valence-corrected chi connectivity index (χ0v) is 12.4. The van der Waals surface area contributed by atoms with Crippen LogP contribution in [-0.4, -0.2) is 68.2 Å². The number of rotatable bonds is 7. The van der Waals surface area contributed by atoms with Gasteiger partial charge in [-0.15, -0.1) is 0 Å². The summed E-state index contributed by atoms with van der Waals surface area (Å²) in [6, 6.07) is -0.248. The van der Waals surface area contributed by atoms with Crippen LogP contribution in [0.3, 0.4) is 0 Å². The maximum atomic E-state index is 12.1. The molecule has 7 heteroatoms. The van der Waals surface area contributed by atoms with E-state index in [0.717, 1.165) is 0 Å². The number of hydrogen-bond donors (Lipinski definition) is 1. The molecule has 2 unspecified atom stereocenters. The van der Waals surface area contributed by atoms with Crippen LogP contribution in [0.5, 0.6) is 0 Å². The van der Waals surface area contributed by atoms with E-state index in [1.807, 2.05) is 0 Å². The Hall–Kier alpha value is -0.660. The summed E-state index contributed by atoms with van der Waals surface area (Å²) in [5.41, 5.74) is 0. The van der Waals surface area contributed by atoms with Gasteiger partial charge in [0.2, 0.25) is 5.91 Å². The van der Waals surface area contributed by atoms with Gasteiger partial charge in [-0.1, -0.05) is 0 Å². The molecule has 0 aliphatic carbocycles. The molecule has 1 amide bonds. The van der Waals surface area contributed by atoms with E-state index in [4.69, 9.17) is 4.74 Å². The van der Waals surface area contributed by atoms with Crippen LogP contribution in [0, 0.1) is 0 Å². The maximum Gasteiger partial charge on any atom is 0.223 e. The van der Waals surface area contributed by atoms with Crippen LogP contribution in [-0.2, 0) is 19.4 Å². The first-order chi connectivity index (χ1) is 8.85. The number of carbonyl (C=O) groups is 1. The molecule has 0 aromatic rings. The van der Waals surface area contributed by atoms with Crippen LogP contribution in [0.2, 0.25) is 0 Å². The van der Waals surface area contributed by atoms with E-state index < -0.39 is 15.9 Å². The Kier molecular flexibility index (Phi) is 6.22. The van der Waals surface area contributed by atoms with E-state index in [-0.39, 0.29) is 29.9 Å². The van der Waals surface area contributed by atoms with Crippen molar-refractivity contribution in [2.45, 2.75) is 38.3 Å². The molecule has 1 heterocycles. The van der Waals surface area contributed by atoms with Gasteiger partial charge in [-0.2, -0.15) is 0 Å². The number of nitrogens with zero attached hydrogens (tertiary/aromatic N) is 1. The maximum absolute atomic E-state index is 12.1. The molecule has 1 saturated heterocycles. The van der Waals surface area contributed by atoms with Crippen molar-refractivity contribution in [2.75, 3.05) is 31.8 Å². The van der Waals surface area contributed by atoms with Gasteiger partial charge in [0.1, 0.15) is 0 Å². The van der Waals surface area contributed by atoms with Crippen LogP contribution in [0.4, 0.5) is 0 Å². The Morgan fingerprint density at radius 1 is 1.53 bits per heavy atom. The summed E-state index contributed by atoms with van der Waals surface area (Å²) in [5, 5.41) is 9.22. The summed E-state index contributed by atoms with van der Waals surface area (Å²) >= 11 is 0. The zero-order chi connectivity index (χ0) is 14.5. The minimum Gasteiger partial charge on any atom is -0.393 e. The van der Waals surface area contributed by atoms with E-state index in [1.165, 1.54) is 0 Å². The highest BCUT2D eigenvalue weighted by molar-refractivity contribution is 7.91. The molecule has 19 heavy (non-hydrogen) atoms. The monoisotopic (exact) mass is 293 g/mol. The average molecular weight is 293 g/mol. The fraction of sp³-hybridized carbons (Fsp3) is 0.917. The lowest BCUT2D eigenvalue weighted by Crippen LogP contribution is -2.43. The van der Waals surface area contributed by atoms with Crippen molar-refractivity contribution in [3.8, 4) is 0 Å². The number of aliphatic hydroxyl groups is 1. The predicted octanol–water partition coefficient (Wildman–Crippen LogP) is -0.190. The number of aliphatic hydroxyl groups excluding tert-OH is 1. The number of sulfone groups is 1. The second kappa shape index (κ2) is 7.21. The Bertz CT molecular complexity index is 393. The molecular formula is C12H23NO5S. The summed E-state index contributed by atoms with van der Waals surface area (Å²) in [7, 11) is -1.47. The van der Waals surface area contributed by atoms with Crippen LogP contribution >= 0.6 is 0 Å². The molecule has 0 aromatic carbocycles. The molecule has 0 aromatic heterocycles. The molecule has 0 radical (unpaired) electrons. The van der Waals surface area contributed by atoms with Gasteiger partial charge in [-0.25, -0.2) is 8.42 Å². The average Bonchev–Trinajstić information content (AvgIpc) is 2.67. The summed E-state index contributed by atoms with van der Waals surface area (Å²) in [4.78, 5) is 13.7. The molecule has 6 nitrogen and oxygen atoms in total. The molecule has 1 fully saturated rings. The third-order valence-electron chi connectivity index (χ3n) is 3.28. The van der Waals surface area contributed by atoms with Gasteiger partial charge >= 0.3 is 0 Å². The largest absolute Gasteiger partial charge is 0.393 e. The Morgan fingerprint density at radius 2 is 2.21 bits per heavy atom. The molecule has 1 N–H and O–H groups in total. The first-order valence-corrected chi connectivity index (χ1v) is 8.34. The van der Waals surface area contributed by atoms with E-state index in [9.17, 15) is 18.3 Å². The molecule has 112 valence electrons. The Morgan fingerprint density at radius 3 is 2.68 bits per heavy atom. The van der Waals surface area contributed by atoms with Crippen molar-refractivity contribution >= 4 is 15.7 Å². The Balaban J connectivity index is 2.63. The third-order valence-corrected chi connectivity index (χ3v) is 5.03. The van der Waals surface area contributed by atoms with E-state index in [0.29, 0.717) is 26.0 Å². The lowest BCUT2D eigenvalue weighted by molar-refractivity contribution is -0.134. The van der Waals surface area contributed by atoms with Gasteiger partial charge in [0.25, 0.3) is 0 Å². The van der Waals surface area contributed by atoms with E-state index in [2.05, 4.69) is 0 Å². The summed E-state index contributed by atoms with van der Waals surface area (Å²) in [6.45, 7) is 2.42. The number of hydrogen-bond acceptors (Lipinski definition) is 5. The quantitative estimate of drug-likeness (QED) is 0.703. The summed E-state index contributed by atoms with van der Waals surface area (Å²) in [6.07, 6.45) is 0.590. The third kappa shape index (κ3) is 5.46. The second-order valence-electron chi connectivity index (χ2n) is 5.02. The smallest absolute Gasteiger partial charge is 0.223 e. The molecule has 1 aliphatic heterocycles. The molecule has 1 rings (SSSR count). The van der Waals surface area contributed by atoms with Gasteiger partial charge in [0.05, 0.1) is 24.2 Å². The highest BCUT2D eigenvalue weighted by Crippen LogP contribution is 2.19. The van der Waals surface area contributed by atoms with Crippen molar-refractivity contribution in [1.29, 1.82) is 0 Å². The van der Waals surface area contributed by atoms with Gasteiger partial charge in [-0.05, 0) is 19.8 Å². The minimum atomic E-state index is -3.01. The van der Waals surface area contributed by atoms with Gasteiger partial charge in [0.15, 0.2) is 9.84 Å². The molecule has 0 spiro atoms. The second-order valence-corrected chi connectivity index (χ2v) is 7.25. The lowest BCUT2D eigenvalue weighted by atomic mass is 10.1. The lowest BCUT2D eigenvalue weighted by Gasteiger charge is -2.28. The van der Waals surface area contributed by atoms with E-state index >= 15 is 0 Å².